The van der Waals surface area contributed by atoms with Crippen LogP contribution in [0.3, 0.4) is 0 Å². The van der Waals surface area contributed by atoms with Crippen molar-refractivity contribution in [2.24, 2.45) is 0 Å². The Balaban J connectivity index is 2.07. The number of rotatable bonds is 10. The van der Waals surface area contributed by atoms with E-state index in [2.05, 4.69) is 0 Å². The number of hydrogen-bond donors (Lipinski definition) is 0. The molecule has 6 nitrogen and oxygen atoms in total. The number of furan rings is 1. The summed E-state index contributed by atoms with van der Waals surface area (Å²) >= 11 is 5.72. The Bertz CT molecular complexity index is 558. The minimum atomic E-state index is -0.0971. The van der Waals surface area contributed by atoms with Gasteiger partial charge in [0.2, 0.25) is 11.8 Å². The van der Waals surface area contributed by atoms with Gasteiger partial charge in [-0.2, -0.15) is 0 Å². The fraction of sp³-hybridized carbons (Fsp3) is 0.684. The van der Waals surface area contributed by atoms with Crippen LogP contribution in [0.5, 0.6) is 0 Å². The van der Waals surface area contributed by atoms with Crippen LogP contribution in [0.25, 0.3) is 0 Å². The van der Waals surface area contributed by atoms with Crippen molar-refractivity contribution < 1.29 is 18.7 Å². The fourth-order valence-electron chi connectivity index (χ4n) is 3.06. The van der Waals surface area contributed by atoms with Gasteiger partial charge in [-0.1, -0.05) is 6.92 Å². The van der Waals surface area contributed by atoms with Crippen molar-refractivity contribution in [3.05, 3.63) is 24.2 Å². The number of alkyl halides is 1. The summed E-state index contributed by atoms with van der Waals surface area (Å²) in [5.74, 6) is 0.794. The highest BCUT2D eigenvalue weighted by molar-refractivity contribution is 6.18. The van der Waals surface area contributed by atoms with E-state index < -0.39 is 0 Å². The third kappa shape index (κ3) is 6.02. The monoisotopic (exact) mass is 384 g/mol. The molecule has 0 spiro atoms. The van der Waals surface area contributed by atoms with Gasteiger partial charge in [0.25, 0.3) is 0 Å². The highest BCUT2D eigenvalue weighted by Gasteiger charge is 2.27. The van der Waals surface area contributed by atoms with Gasteiger partial charge in [0.1, 0.15) is 12.3 Å². The molecule has 0 aliphatic carbocycles. The minimum Gasteiger partial charge on any atom is -0.467 e. The zero-order valence-corrected chi connectivity index (χ0v) is 16.4. The summed E-state index contributed by atoms with van der Waals surface area (Å²) in [7, 11) is 0. The van der Waals surface area contributed by atoms with Crippen molar-refractivity contribution in [1.82, 2.24) is 9.80 Å². The number of nitrogens with zero attached hydrogens (tertiary/aromatic N) is 2. The zero-order chi connectivity index (χ0) is 18.9. The first-order valence-electron chi connectivity index (χ1n) is 9.32. The molecular weight excluding hydrogens is 356 g/mol. The van der Waals surface area contributed by atoms with Crippen LogP contribution < -0.4 is 0 Å². The predicted octanol–water partition coefficient (Wildman–Crippen LogP) is 3.04. The molecule has 2 atom stereocenters. The number of hydrogen-bond acceptors (Lipinski definition) is 4. The molecule has 2 heterocycles. The molecule has 0 N–H and O–H groups in total. The second-order valence-corrected chi connectivity index (χ2v) is 7.08. The van der Waals surface area contributed by atoms with E-state index in [0.29, 0.717) is 13.1 Å². The molecule has 2 rings (SSSR count). The molecule has 7 heteroatoms. The van der Waals surface area contributed by atoms with E-state index in [4.69, 9.17) is 20.8 Å². The van der Waals surface area contributed by atoms with Crippen LogP contribution in [-0.4, -0.2) is 59.3 Å². The van der Waals surface area contributed by atoms with E-state index in [1.165, 1.54) is 0 Å². The van der Waals surface area contributed by atoms with Gasteiger partial charge >= 0.3 is 0 Å². The summed E-state index contributed by atoms with van der Waals surface area (Å²) < 4.78 is 11.1. The van der Waals surface area contributed by atoms with Crippen LogP contribution in [-0.2, 0) is 20.9 Å². The van der Waals surface area contributed by atoms with Gasteiger partial charge in [0.05, 0.1) is 18.9 Å². The molecule has 0 aromatic carbocycles. The molecule has 1 aromatic rings. The Morgan fingerprint density at radius 1 is 1.38 bits per heavy atom. The maximum Gasteiger partial charge on any atom is 0.242 e. The van der Waals surface area contributed by atoms with Crippen molar-refractivity contribution in [1.29, 1.82) is 0 Å². The number of halogens is 1. The highest BCUT2D eigenvalue weighted by Crippen LogP contribution is 2.16. The van der Waals surface area contributed by atoms with Crippen LogP contribution in [0, 0.1) is 0 Å². The predicted molar refractivity (Wildman–Crippen MR) is 99.9 cm³/mol. The van der Waals surface area contributed by atoms with Crippen LogP contribution >= 0.6 is 11.6 Å². The number of carbonyl (C=O) groups excluding carboxylic acids is 2. The maximum absolute atomic E-state index is 13.0. The lowest BCUT2D eigenvalue weighted by atomic mass is 10.2. The summed E-state index contributed by atoms with van der Waals surface area (Å²) in [4.78, 5) is 28.8. The molecule has 1 aliphatic heterocycles. The van der Waals surface area contributed by atoms with Crippen LogP contribution in [0.15, 0.2) is 22.8 Å². The van der Waals surface area contributed by atoms with Crippen LogP contribution in [0.2, 0.25) is 0 Å². The third-order valence-corrected chi connectivity index (χ3v) is 4.97. The van der Waals surface area contributed by atoms with Crippen molar-refractivity contribution in [3.8, 4) is 0 Å². The molecule has 146 valence electrons. The number of carbonyl (C=O) groups is 2. The Kier molecular flexibility index (Phi) is 8.45. The summed E-state index contributed by atoms with van der Waals surface area (Å²) in [6.07, 6.45) is 4.63. The van der Waals surface area contributed by atoms with E-state index in [9.17, 15) is 9.59 Å². The number of amides is 2. The lowest BCUT2D eigenvalue weighted by Gasteiger charge is -2.31. The summed E-state index contributed by atoms with van der Waals surface area (Å²) in [5, 5.41) is 0. The van der Waals surface area contributed by atoms with Crippen LogP contribution in [0.4, 0.5) is 0 Å². The van der Waals surface area contributed by atoms with Gasteiger partial charge in [0.15, 0.2) is 0 Å². The van der Waals surface area contributed by atoms with E-state index in [1.54, 1.807) is 22.1 Å². The smallest absolute Gasteiger partial charge is 0.242 e. The standard InChI is InChI=1S/C19H29ClN2O4/c1-3-15(2)22(18(23)8-9-20)14-19(24)21(12-16-6-4-10-25-16)13-17-7-5-11-26-17/h4,6,10,15,17H,3,5,7-9,11-14H2,1-2H3. The van der Waals surface area contributed by atoms with E-state index in [-0.39, 0.29) is 42.8 Å². The van der Waals surface area contributed by atoms with Gasteiger partial charge < -0.3 is 19.0 Å². The van der Waals surface area contributed by atoms with Crippen molar-refractivity contribution in [3.63, 3.8) is 0 Å². The molecule has 26 heavy (non-hydrogen) atoms. The second kappa shape index (κ2) is 10.6. The van der Waals surface area contributed by atoms with Crippen LogP contribution in [0.1, 0.15) is 45.3 Å². The van der Waals surface area contributed by atoms with Gasteiger partial charge in [-0.25, -0.2) is 0 Å². The molecule has 0 saturated carbocycles. The Morgan fingerprint density at radius 3 is 2.77 bits per heavy atom. The topological polar surface area (TPSA) is 63.0 Å². The molecule has 0 radical (unpaired) electrons. The quantitative estimate of drug-likeness (QED) is 0.581. The Labute approximate surface area is 160 Å². The van der Waals surface area contributed by atoms with Gasteiger partial charge in [-0.15, -0.1) is 11.6 Å². The second-order valence-electron chi connectivity index (χ2n) is 6.71. The molecule has 0 bridgehead atoms. The lowest BCUT2D eigenvalue weighted by Crippen LogP contribution is -2.47. The van der Waals surface area contributed by atoms with Gasteiger partial charge in [-0.05, 0) is 38.3 Å². The lowest BCUT2D eigenvalue weighted by molar-refractivity contribution is -0.143. The maximum atomic E-state index is 13.0. The third-order valence-electron chi connectivity index (χ3n) is 4.78. The zero-order valence-electron chi connectivity index (χ0n) is 15.7. The van der Waals surface area contributed by atoms with E-state index >= 15 is 0 Å². The van der Waals surface area contributed by atoms with Crippen molar-refractivity contribution >= 4 is 23.4 Å². The van der Waals surface area contributed by atoms with E-state index in [1.807, 2.05) is 19.9 Å². The average molecular weight is 385 g/mol. The summed E-state index contributed by atoms with van der Waals surface area (Å²) in [6, 6.07) is 3.64. The fourth-order valence-corrected chi connectivity index (χ4v) is 3.22. The molecule has 2 unspecified atom stereocenters. The number of ether oxygens (including phenoxy) is 1. The normalized spacial score (nSPS) is 17.9. The SMILES string of the molecule is CCC(C)N(CC(=O)N(Cc1ccco1)CC1CCCO1)C(=O)CCCl. The molecule has 1 aromatic heterocycles. The van der Waals surface area contributed by atoms with Crippen molar-refractivity contribution in [2.45, 2.75) is 58.2 Å². The van der Waals surface area contributed by atoms with Gasteiger partial charge in [0, 0.05) is 31.5 Å². The Morgan fingerprint density at radius 2 is 2.19 bits per heavy atom. The molecule has 1 aliphatic rings. The first-order valence-corrected chi connectivity index (χ1v) is 9.85. The average Bonchev–Trinajstić information content (AvgIpc) is 3.32. The highest BCUT2D eigenvalue weighted by atomic mass is 35.5. The largest absolute Gasteiger partial charge is 0.467 e. The molecule has 2 amide bonds. The van der Waals surface area contributed by atoms with Crippen molar-refractivity contribution in [2.75, 3.05) is 25.6 Å². The summed E-state index contributed by atoms with van der Waals surface area (Å²) in [6.45, 7) is 5.64. The van der Waals surface area contributed by atoms with Gasteiger partial charge in [-0.3, -0.25) is 9.59 Å². The first kappa shape index (κ1) is 20.8. The molecule has 1 saturated heterocycles. The molecule has 1 fully saturated rings. The molecular formula is C19H29ClN2O4. The summed E-state index contributed by atoms with van der Waals surface area (Å²) in [5.41, 5.74) is 0. The minimum absolute atomic E-state index is 0.0112. The first-order chi connectivity index (χ1) is 12.5. The Hall–Kier alpha value is -1.53. The van der Waals surface area contributed by atoms with E-state index in [0.717, 1.165) is 31.6 Å².